The number of ether oxygens (including phenoxy) is 2. The van der Waals surface area contributed by atoms with Crippen LogP contribution in [0.15, 0.2) is 103 Å². The van der Waals surface area contributed by atoms with Crippen molar-refractivity contribution in [3.63, 3.8) is 0 Å². The predicted molar refractivity (Wildman–Crippen MR) is 142 cm³/mol. The molecule has 1 aliphatic heterocycles. The average molecular weight is 530 g/mol. The quantitative estimate of drug-likeness (QED) is 0.320. The molecule has 0 saturated heterocycles. The van der Waals surface area contributed by atoms with Crippen molar-refractivity contribution in [2.75, 3.05) is 7.11 Å². The monoisotopic (exact) mass is 529 g/mol. The van der Waals surface area contributed by atoms with E-state index < -0.39 is 17.9 Å². The predicted octanol–water partition coefficient (Wildman–Crippen LogP) is 1.11. The first-order valence-electron chi connectivity index (χ1n) is 12.5. The van der Waals surface area contributed by atoms with E-state index in [1.165, 1.54) is 4.90 Å². The number of carboxylic acids is 1. The van der Waals surface area contributed by atoms with E-state index in [0.717, 1.165) is 27.8 Å². The summed E-state index contributed by atoms with van der Waals surface area (Å²) >= 11 is 0. The zero-order valence-corrected chi connectivity index (χ0v) is 24.1. The van der Waals surface area contributed by atoms with E-state index in [2.05, 4.69) is 0 Å². The van der Waals surface area contributed by atoms with E-state index >= 15 is 0 Å². The Kier molecular flexibility index (Phi) is 9.46. The number of benzene rings is 4. The van der Waals surface area contributed by atoms with E-state index in [1.54, 1.807) is 13.2 Å². The van der Waals surface area contributed by atoms with E-state index in [-0.39, 0.29) is 48.4 Å². The number of methoxy groups -OCH3 is 1. The van der Waals surface area contributed by atoms with Crippen LogP contribution in [-0.4, -0.2) is 29.9 Å². The van der Waals surface area contributed by atoms with Crippen LogP contribution in [0.2, 0.25) is 0 Å². The van der Waals surface area contributed by atoms with Gasteiger partial charge in [0.05, 0.1) is 25.0 Å². The standard InChI is InChI=1S/C32H29NO5.Na/c1-37-28-18-17-25-20-33(31(34)29(23-13-7-3-8-14-23)24-15-9-4-10-16-24)27(32(35)36)19-26(25)30(28)38-21-22-11-5-2-6-12-22;/h2-18,27,29H,19-21H2,1H3,(H,35,36);/q;+1/p-1. The largest absolute Gasteiger partial charge is 1.00 e. The molecule has 0 bridgehead atoms. The minimum absolute atomic E-state index is 0. The Bertz CT molecular complexity index is 1370. The number of carboxylic acid groups (broad SMARTS) is 1. The fraction of sp³-hybridized carbons (Fsp3) is 0.188. The van der Waals surface area contributed by atoms with Crippen molar-refractivity contribution in [2.24, 2.45) is 0 Å². The number of hydrogen-bond acceptors (Lipinski definition) is 5. The number of nitrogens with zero attached hydrogens (tertiary/aromatic N) is 1. The number of hydrogen-bond donors (Lipinski definition) is 0. The van der Waals surface area contributed by atoms with E-state index in [9.17, 15) is 14.7 Å². The molecule has 5 rings (SSSR count). The normalized spacial score (nSPS) is 14.2. The molecule has 192 valence electrons. The van der Waals surface area contributed by atoms with Gasteiger partial charge in [-0.3, -0.25) is 4.79 Å². The third-order valence-corrected chi connectivity index (χ3v) is 6.95. The summed E-state index contributed by atoms with van der Waals surface area (Å²) in [7, 11) is 1.55. The van der Waals surface area contributed by atoms with Crippen molar-refractivity contribution in [1.29, 1.82) is 0 Å². The summed E-state index contributed by atoms with van der Waals surface area (Å²) in [4.78, 5) is 28.0. The SMILES string of the molecule is COc1ccc2c(c1OCc1ccccc1)CC(C(=O)[O-])N(C(=O)C(c1ccccc1)c1ccccc1)C2.[Na+]. The summed E-state index contributed by atoms with van der Waals surface area (Å²) in [5.41, 5.74) is 4.11. The van der Waals surface area contributed by atoms with Crippen molar-refractivity contribution >= 4 is 11.9 Å². The number of fused-ring (bicyclic) bond motifs is 1. The Morgan fingerprint density at radius 1 is 0.872 bits per heavy atom. The third kappa shape index (κ3) is 6.19. The first-order valence-corrected chi connectivity index (χ1v) is 12.5. The Balaban J connectivity index is 0.00000353. The van der Waals surface area contributed by atoms with Gasteiger partial charge in [0, 0.05) is 18.5 Å². The van der Waals surface area contributed by atoms with Gasteiger partial charge in [0.2, 0.25) is 5.91 Å². The molecule has 0 aliphatic carbocycles. The molecule has 1 atom stereocenters. The molecule has 0 saturated carbocycles. The Morgan fingerprint density at radius 3 is 1.97 bits per heavy atom. The van der Waals surface area contributed by atoms with Crippen LogP contribution in [0.4, 0.5) is 0 Å². The number of carbonyl (C=O) groups excluding carboxylic acids is 2. The Hall–Kier alpha value is -3.58. The van der Waals surface area contributed by atoms with E-state index in [4.69, 9.17) is 9.47 Å². The molecular formula is C32H28NNaO5. The Labute approximate surface area is 250 Å². The summed E-state index contributed by atoms with van der Waals surface area (Å²) in [6.07, 6.45) is 0.0566. The van der Waals surface area contributed by atoms with Crippen LogP contribution in [-0.2, 0) is 29.2 Å². The molecule has 39 heavy (non-hydrogen) atoms. The number of amides is 1. The van der Waals surface area contributed by atoms with Crippen LogP contribution in [0, 0.1) is 0 Å². The van der Waals surface area contributed by atoms with Crippen LogP contribution in [0.1, 0.15) is 33.7 Å². The maximum absolute atomic E-state index is 14.1. The van der Waals surface area contributed by atoms with E-state index in [1.807, 2.05) is 97.1 Å². The van der Waals surface area contributed by atoms with Gasteiger partial charge in [-0.25, -0.2) is 0 Å². The van der Waals surface area contributed by atoms with Crippen LogP contribution >= 0.6 is 0 Å². The molecule has 4 aromatic rings. The first-order chi connectivity index (χ1) is 18.6. The van der Waals surface area contributed by atoms with Gasteiger partial charge in [0.25, 0.3) is 0 Å². The van der Waals surface area contributed by atoms with Gasteiger partial charge in [-0.2, -0.15) is 0 Å². The third-order valence-electron chi connectivity index (χ3n) is 6.95. The molecule has 6 nitrogen and oxygen atoms in total. The fourth-order valence-corrected chi connectivity index (χ4v) is 5.04. The topological polar surface area (TPSA) is 78.9 Å². The van der Waals surface area contributed by atoms with Crippen LogP contribution in [0.3, 0.4) is 0 Å². The van der Waals surface area contributed by atoms with E-state index in [0.29, 0.717) is 18.1 Å². The summed E-state index contributed by atoms with van der Waals surface area (Å²) < 4.78 is 11.7. The van der Waals surface area contributed by atoms with Gasteiger partial charge in [-0.1, -0.05) is 97.1 Å². The van der Waals surface area contributed by atoms with Crippen LogP contribution in [0.5, 0.6) is 11.5 Å². The van der Waals surface area contributed by atoms with Gasteiger partial charge in [-0.15, -0.1) is 0 Å². The second kappa shape index (κ2) is 13.0. The first kappa shape index (κ1) is 28.4. The zero-order chi connectivity index (χ0) is 26.5. The van der Waals surface area contributed by atoms with Gasteiger partial charge >= 0.3 is 29.6 Å². The number of carbonyl (C=O) groups is 2. The number of aliphatic carboxylic acids is 1. The van der Waals surface area contributed by atoms with Gasteiger partial charge in [-0.05, 0) is 28.3 Å². The molecule has 4 aromatic carbocycles. The molecule has 1 unspecified atom stereocenters. The summed E-state index contributed by atoms with van der Waals surface area (Å²) in [5, 5.41) is 12.4. The van der Waals surface area contributed by atoms with Crippen LogP contribution < -0.4 is 44.1 Å². The molecule has 1 heterocycles. The van der Waals surface area contributed by atoms with Crippen LogP contribution in [0.25, 0.3) is 0 Å². The average Bonchev–Trinajstić information content (AvgIpc) is 2.96. The van der Waals surface area contributed by atoms with Crippen molar-refractivity contribution < 1.29 is 53.7 Å². The summed E-state index contributed by atoms with van der Waals surface area (Å²) in [5.74, 6) is -1.23. The summed E-state index contributed by atoms with van der Waals surface area (Å²) in [6.45, 7) is 0.422. The molecule has 0 radical (unpaired) electrons. The smallest absolute Gasteiger partial charge is 0.548 e. The second-order valence-corrected chi connectivity index (χ2v) is 9.27. The summed E-state index contributed by atoms with van der Waals surface area (Å²) in [6, 6.07) is 31.1. The maximum Gasteiger partial charge on any atom is 1.00 e. The molecule has 0 aromatic heterocycles. The molecule has 0 spiro atoms. The Morgan fingerprint density at radius 2 is 1.44 bits per heavy atom. The minimum Gasteiger partial charge on any atom is -0.548 e. The molecule has 1 amide bonds. The molecule has 0 fully saturated rings. The molecule has 1 aliphatic rings. The fourth-order valence-electron chi connectivity index (χ4n) is 5.04. The number of rotatable bonds is 8. The van der Waals surface area contributed by atoms with Crippen molar-refractivity contribution in [3.8, 4) is 11.5 Å². The molecule has 0 N–H and O–H groups in total. The molecular weight excluding hydrogens is 501 g/mol. The maximum atomic E-state index is 14.1. The van der Waals surface area contributed by atoms with Gasteiger partial charge in [0.1, 0.15) is 6.61 Å². The van der Waals surface area contributed by atoms with Crippen molar-refractivity contribution in [3.05, 3.63) is 131 Å². The van der Waals surface area contributed by atoms with Gasteiger partial charge < -0.3 is 24.3 Å². The minimum atomic E-state index is -1.30. The molecule has 7 heteroatoms. The van der Waals surface area contributed by atoms with Crippen molar-refractivity contribution in [2.45, 2.75) is 31.5 Å². The van der Waals surface area contributed by atoms with Crippen molar-refractivity contribution in [1.82, 2.24) is 4.90 Å². The van der Waals surface area contributed by atoms with Gasteiger partial charge in [0.15, 0.2) is 11.5 Å². The second-order valence-electron chi connectivity index (χ2n) is 9.27. The zero-order valence-electron chi connectivity index (χ0n) is 22.1.